The maximum atomic E-state index is 12.0. The Hall–Kier alpha value is 0.0600. The monoisotopic (exact) mass is 233 g/mol. The zero-order valence-corrected chi connectivity index (χ0v) is 8.36. The van der Waals surface area contributed by atoms with Crippen LogP contribution in [-0.2, 0) is 10.0 Å². The van der Waals surface area contributed by atoms with Gasteiger partial charge in [-0.15, -0.1) is 11.6 Å². The van der Waals surface area contributed by atoms with E-state index in [1.807, 2.05) is 0 Å². The maximum Gasteiger partial charge on any atom is 0.252 e. The third-order valence-electron chi connectivity index (χ3n) is 1.77. The van der Waals surface area contributed by atoms with Gasteiger partial charge in [0.25, 0.3) is 6.43 Å². The van der Waals surface area contributed by atoms with Gasteiger partial charge in [-0.25, -0.2) is 17.2 Å². The van der Waals surface area contributed by atoms with E-state index in [9.17, 15) is 17.2 Å². The molecule has 1 rings (SSSR count). The first-order valence-electron chi connectivity index (χ1n) is 3.81. The zero-order valence-electron chi connectivity index (χ0n) is 6.79. The lowest BCUT2D eigenvalue weighted by Crippen LogP contribution is -2.37. The van der Waals surface area contributed by atoms with E-state index in [0.29, 0.717) is 12.8 Å². The minimum absolute atomic E-state index is 0.252. The second-order valence-corrected chi connectivity index (χ2v) is 5.42. The van der Waals surface area contributed by atoms with E-state index in [4.69, 9.17) is 11.6 Å². The second kappa shape index (κ2) is 4.06. The van der Waals surface area contributed by atoms with Crippen LogP contribution in [0.4, 0.5) is 8.78 Å². The molecule has 0 aromatic carbocycles. The molecule has 78 valence electrons. The van der Waals surface area contributed by atoms with Crippen LogP contribution in [0.15, 0.2) is 0 Å². The summed E-state index contributed by atoms with van der Waals surface area (Å²) >= 11 is 5.17. The largest absolute Gasteiger partial charge is 0.252 e. The summed E-state index contributed by atoms with van der Waals surface area (Å²) in [5.41, 5.74) is 0. The summed E-state index contributed by atoms with van der Waals surface area (Å²) < 4.78 is 47.1. The molecule has 0 unspecified atom stereocenters. The average molecular weight is 234 g/mol. The molecular weight excluding hydrogens is 224 g/mol. The smallest absolute Gasteiger partial charge is 0.211 e. The van der Waals surface area contributed by atoms with Crippen molar-refractivity contribution in [3.63, 3.8) is 0 Å². The first kappa shape index (κ1) is 11.1. The highest BCUT2D eigenvalue weighted by Crippen LogP contribution is 2.30. The van der Waals surface area contributed by atoms with Crippen molar-refractivity contribution in [1.82, 2.24) is 4.31 Å². The van der Waals surface area contributed by atoms with E-state index >= 15 is 0 Å². The van der Waals surface area contributed by atoms with Crippen LogP contribution in [0.3, 0.4) is 0 Å². The second-order valence-electron chi connectivity index (χ2n) is 2.91. The zero-order chi connectivity index (χ0) is 10.1. The van der Waals surface area contributed by atoms with Crippen LogP contribution in [-0.4, -0.2) is 36.9 Å². The molecule has 0 amide bonds. The van der Waals surface area contributed by atoms with Gasteiger partial charge in [0.05, 0.1) is 6.54 Å². The Kier molecular flexibility index (Phi) is 3.48. The van der Waals surface area contributed by atoms with E-state index in [0.717, 1.165) is 4.31 Å². The average Bonchev–Trinajstić information content (AvgIpc) is 2.82. The van der Waals surface area contributed by atoms with Gasteiger partial charge in [0, 0.05) is 6.04 Å². The van der Waals surface area contributed by atoms with E-state index in [2.05, 4.69) is 0 Å². The van der Waals surface area contributed by atoms with Crippen molar-refractivity contribution in [2.75, 3.05) is 11.8 Å². The van der Waals surface area contributed by atoms with Crippen molar-refractivity contribution in [3.8, 4) is 0 Å². The van der Waals surface area contributed by atoms with Crippen LogP contribution in [0.2, 0.25) is 0 Å². The van der Waals surface area contributed by atoms with Gasteiger partial charge < -0.3 is 0 Å². The highest BCUT2D eigenvalue weighted by atomic mass is 35.5. The maximum absolute atomic E-state index is 12.0. The van der Waals surface area contributed by atoms with Crippen LogP contribution in [0.25, 0.3) is 0 Å². The predicted molar refractivity (Wildman–Crippen MR) is 45.4 cm³/mol. The van der Waals surface area contributed by atoms with Crippen molar-refractivity contribution in [3.05, 3.63) is 0 Å². The molecule has 0 heterocycles. The van der Waals surface area contributed by atoms with E-state index in [1.54, 1.807) is 0 Å². The minimum atomic E-state index is -3.67. The molecule has 7 heteroatoms. The quantitative estimate of drug-likeness (QED) is 0.670. The Balaban J connectivity index is 2.67. The summed E-state index contributed by atoms with van der Waals surface area (Å²) in [6.07, 6.45) is -1.33. The highest BCUT2D eigenvalue weighted by Gasteiger charge is 2.38. The van der Waals surface area contributed by atoms with Gasteiger partial charge in [0.15, 0.2) is 0 Å². The minimum Gasteiger partial charge on any atom is -0.211 e. The lowest BCUT2D eigenvalue weighted by atomic mass is 10.6. The van der Waals surface area contributed by atoms with Crippen LogP contribution in [0, 0.1) is 0 Å². The van der Waals surface area contributed by atoms with Gasteiger partial charge in [-0.3, -0.25) is 0 Å². The number of alkyl halides is 3. The first-order valence-corrected chi connectivity index (χ1v) is 5.95. The first-order chi connectivity index (χ1) is 5.97. The van der Waals surface area contributed by atoms with Crippen LogP contribution in [0.5, 0.6) is 0 Å². The number of rotatable bonds is 5. The van der Waals surface area contributed by atoms with Gasteiger partial charge in [-0.1, -0.05) is 0 Å². The fourth-order valence-electron chi connectivity index (χ4n) is 1.05. The summed E-state index contributed by atoms with van der Waals surface area (Å²) in [7, 11) is -3.67. The van der Waals surface area contributed by atoms with E-state index in [-0.39, 0.29) is 6.04 Å². The molecule has 1 aliphatic carbocycles. The van der Waals surface area contributed by atoms with E-state index in [1.165, 1.54) is 0 Å². The van der Waals surface area contributed by atoms with Crippen molar-refractivity contribution in [1.29, 1.82) is 0 Å². The summed E-state index contributed by atoms with van der Waals surface area (Å²) in [5, 5.41) is -0.629. The molecule has 1 aliphatic rings. The van der Waals surface area contributed by atoms with Crippen LogP contribution < -0.4 is 0 Å². The van der Waals surface area contributed by atoms with Crippen molar-refractivity contribution in [2.24, 2.45) is 0 Å². The number of hydrogen-bond acceptors (Lipinski definition) is 2. The van der Waals surface area contributed by atoms with Crippen LogP contribution in [0.1, 0.15) is 12.8 Å². The van der Waals surface area contributed by atoms with Gasteiger partial charge in [0.2, 0.25) is 10.0 Å². The summed E-state index contributed by atoms with van der Waals surface area (Å²) in [6.45, 7) is -0.736. The molecule has 0 spiro atoms. The third kappa shape index (κ3) is 3.03. The normalized spacial score (nSPS) is 18.5. The van der Waals surface area contributed by atoms with Crippen LogP contribution >= 0.6 is 11.6 Å². The standard InChI is InChI=1S/C6H10ClF2NO2S/c7-4-13(11,12)10(3-6(8)9)5-1-2-5/h5-6H,1-4H2. The molecule has 0 atom stereocenters. The summed E-state index contributed by atoms with van der Waals surface area (Å²) in [4.78, 5) is 0. The fourth-order valence-corrected chi connectivity index (χ4v) is 2.56. The van der Waals surface area contributed by atoms with E-state index < -0.39 is 28.2 Å². The molecule has 13 heavy (non-hydrogen) atoms. The molecule has 0 saturated heterocycles. The molecule has 0 aromatic rings. The Labute approximate surface area is 80.7 Å². The number of sulfonamides is 1. The predicted octanol–water partition coefficient (Wildman–Crippen LogP) is 1.24. The number of hydrogen-bond donors (Lipinski definition) is 0. The number of nitrogens with zero attached hydrogens (tertiary/aromatic N) is 1. The Morgan fingerprint density at radius 3 is 2.31 bits per heavy atom. The topological polar surface area (TPSA) is 37.4 Å². The molecule has 1 saturated carbocycles. The Morgan fingerprint density at radius 1 is 1.46 bits per heavy atom. The molecular formula is C6H10ClF2NO2S. The fraction of sp³-hybridized carbons (Fsp3) is 1.00. The molecule has 1 fully saturated rings. The molecule has 3 nitrogen and oxygen atoms in total. The Morgan fingerprint density at radius 2 is 2.00 bits per heavy atom. The van der Waals surface area contributed by atoms with Gasteiger partial charge in [-0.2, -0.15) is 4.31 Å². The van der Waals surface area contributed by atoms with Crippen molar-refractivity contribution in [2.45, 2.75) is 25.3 Å². The van der Waals surface area contributed by atoms with Crippen molar-refractivity contribution < 1.29 is 17.2 Å². The molecule has 0 aliphatic heterocycles. The molecule has 0 bridgehead atoms. The lowest BCUT2D eigenvalue weighted by molar-refractivity contribution is 0.118. The molecule has 0 N–H and O–H groups in total. The van der Waals surface area contributed by atoms with Crippen molar-refractivity contribution >= 4 is 21.6 Å². The van der Waals surface area contributed by atoms with Gasteiger partial charge in [-0.05, 0) is 12.8 Å². The molecule has 0 radical (unpaired) electrons. The highest BCUT2D eigenvalue weighted by molar-refractivity contribution is 7.90. The summed E-state index contributed by atoms with van der Waals surface area (Å²) in [6, 6.07) is -0.252. The lowest BCUT2D eigenvalue weighted by Gasteiger charge is -2.19. The number of halogens is 3. The molecule has 0 aromatic heterocycles. The van der Waals surface area contributed by atoms with Gasteiger partial charge >= 0.3 is 0 Å². The Bertz CT molecular complexity index is 266. The van der Waals surface area contributed by atoms with Gasteiger partial charge in [0.1, 0.15) is 5.21 Å². The third-order valence-corrected chi connectivity index (χ3v) is 4.03. The summed E-state index contributed by atoms with van der Waals surface area (Å²) in [5.74, 6) is 0. The SMILES string of the molecule is O=S(=O)(CCl)N(CC(F)F)C1CC1.